The molecule has 17 heavy (non-hydrogen) atoms. The summed E-state index contributed by atoms with van der Waals surface area (Å²) in [6.07, 6.45) is 8.44. The number of unbranched alkanes of at least 4 members (excludes halogenated alkanes) is 4. The Hall–Kier alpha value is -0.200. The first kappa shape index (κ1) is 14.9. The normalized spacial score (nSPS) is 11.1. The molecule has 0 fully saturated rings. The first-order valence-corrected chi connectivity index (χ1v) is 7.39. The highest BCUT2D eigenvalue weighted by Crippen LogP contribution is 2.14. The van der Waals surface area contributed by atoms with E-state index in [9.17, 15) is 0 Å². The third kappa shape index (κ3) is 7.68. The van der Waals surface area contributed by atoms with Gasteiger partial charge in [0.1, 0.15) is 4.84 Å². The summed E-state index contributed by atoms with van der Waals surface area (Å²) in [4.78, 5) is -0.178. The molecule has 0 saturated heterocycles. The van der Waals surface area contributed by atoms with Gasteiger partial charge in [0.25, 0.3) is 0 Å². The molecule has 1 aromatic rings. The minimum atomic E-state index is -0.178. The van der Waals surface area contributed by atoms with Crippen molar-refractivity contribution in [3.8, 4) is 0 Å². The Morgan fingerprint density at radius 2 is 1.47 bits per heavy atom. The highest BCUT2D eigenvalue weighted by Gasteiger charge is 1.98. The van der Waals surface area contributed by atoms with Gasteiger partial charge in [0.05, 0.1) is 0 Å². The molecule has 0 heterocycles. The van der Waals surface area contributed by atoms with Gasteiger partial charge in [0.2, 0.25) is 0 Å². The van der Waals surface area contributed by atoms with Gasteiger partial charge in [-0.15, -0.1) is 23.2 Å². The molecule has 0 aliphatic rings. The maximum absolute atomic E-state index is 5.68. The minimum Gasteiger partial charge on any atom is -0.105 e. The Bertz CT molecular complexity index is 290. The lowest BCUT2D eigenvalue weighted by Gasteiger charge is -2.03. The zero-order valence-corrected chi connectivity index (χ0v) is 12.1. The van der Waals surface area contributed by atoms with Crippen molar-refractivity contribution in [3.63, 3.8) is 0 Å². The zero-order chi connectivity index (χ0) is 12.5. The Labute approximate surface area is 115 Å². The molecule has 0 aliphatic heterocycles. The van der Waals surface area contributed by atoms with Crippen molar-refractivity contribution < 1.29 is 0 Å². The molecule has 0 spiro atoms. The summed E-state index contributed by atoms with van der Waals surface area (Å²) in [7, 11) is 0. The fourth-order valence-electron chi connectivity index (χ4n) is 1.91. The topological polar surface area (TPSA) is 0 Å². The second-order valence-electron chi connectivity index (χ2n) is 4.68. The van der Waals surface area contributed by atoms with Crippen molar-refractivity contribution in [1.29, 1.82) is 0 Å². The van der Waals surface area contributed by atoms with Crippen molar-refractivity contribution >= 4 is 23.2 Å². The summed E-state index contributed by atoms with van der Waals surface area (Å²) in [5, 5.41) is 0. The van der Waals surface area contributed by atoms with Gasteiger partial charge in [-0.05, 0) is 31.7 Å². The van der Waals surface area contributed by atoms with Gasteiger partial charge in [0, 0.05) is 0 Å². The van der Waals surface area contributed by atoms with Crippen LogP contribution in [0.4, 0.5) is 0 Å². The lowest BCUT2D eigenvalue weighted by molar-refractivity contribution is 0.604. The summed E-state index contributed by atoms with van der Waals surface area (Å²) < 4.78 is 0. The second-order valence-corrected chi connectivity index (χ2v) is 5.96. The standard InChI is InChI=1S/C15H22Cl2/c1-13-9-11-14(12-10-13)7-5-3-2-4-6-8-15(16)17/h9-12,15H,2-8H2,1H3. The number of rotatable bonds is 8. The van der Waals surface area contributed by atoms with Crippen molar-refractivity contribution in [2.24, 2.45) is 0 Å². The molecule has 0 aromatic heterocycles. The van der Waals surface area contributed by atoms with E-state index in [1.807, 2.05) is 0 Å². The van der Waals surface area contributed by atoms with Crippen LogP contribution in [0.1, 0.15) is 49.7 Å². The van der Waals surface area contributed by atoms with Crippen LogP contribution in [0.2, 0.25) is 0 Å². The van der Waals surface area contributed by atoms with Crippen LogP contribution in [0.5, 0.6) is 0 Å². The van der Waals surface area contributed by atoms with Gasteiger partial charge >= 0.3 is 0 Å². The van der Waals surface area contributed by atoms with Crippen LogP contribution < -0.4 is 0 Å². The van der Waals surface area contributed by atoms with E-state index in [-0.39, 0.29) is 4.84 Å². The molecule has 0 N–H and O–H groups in total. The molecule has 0 atom stereocenters. The molecule has 0 aliphatic carbocycles. The first-order valence-electron chi connectivity index (χ1n) is 6.52. The van der Waals surface area contributed by atoms with E-state index in [0.29, 0.717) is 0 Å². The van der Waals surface area contributed by atoms with E-state index < -0.39 is 0 Å². The predicted molar refractivity (Wildman–Crippen MR) is 78.1 cm³/mol. The Balaban J connectivity index is 1.99. The lowest BCUT2D eigenvalue weighted by atomic mass is 10.0. The molecule has 1 aromatic carbocycles. The molecule has 0 unspecified atom stereocenters. The molecular weight excluding hydrogens is 251 g/mol. The molecule has 1 rings (SSSR count). The van der Waals surface area contributed by atoms with Crippen molar-refractivity contribution in [3.05, 3.63) is 35.4 Å². The van der Waals surface area contributed by atoms with Crippen LogP contribution in [0, 0.1) is 6.92 Å². The van der Waals surface area contributed by atoms with Gasteiger partial charge in [-0.2, -0.15) is 0 Å². The summed E-state index contributed by atoms with van der Waals surface area (Å²) in [5.41, 5.74) is 2.79. The van der Waals surface area contributed by atoms with Gasteiger partial charge in [-0.25, -0.2) is 0 Å². The fourth-order valence-corrected chi connectivity index (χ4v) is 2.22. The van der Waals surface area contributed by atoms with E-state index >= 15 is 0 Å². The molecule has 0 nitrogen and oxygen atoms in total. The summed E-state index contributed by atoms with van der Waals surface area (Å²) in [5.74, 6) is 0. The van der Waals surface area contributed by atoms with Gasteiger partial charge < -0.3 is 0 Å². The van der Waals surface area contributed by atoms with E-state index in [0.717, 1.165) is 12.8 Å². The van der Waals surface area contributed by atoms with Crippen LogP contribution in [0.15, 0.2) is 24.3 Å². The highest BCUT2D eigenvalue weighted by molar-refractivity contribution is 6.44. The lowest BCUT2D eigenvalue weighted by Crippen LogP contribution is -1.89. The molecule has 0 amide bonds. The van der Waals surface area contributed by atoms with Gasteiger partial charge in [-0.3, -0.25) is 0 Å². The molecule has 2 heteroatoms. The molecule has 0 radical (unpaired) electrons. The maximum Gasteiger partial charge on any atom is 0.107 e. The Kier molecular flexibility index (Phi) is 7.72. The largest absolute Gasteiger partial charge is 0.107 e. The number of aryl methyl sites for hydroxylation is 2. The third-order valence-corrected chi connectivity index (χ3v) is 3.44. The van der Waals surface area contributed by atoms with Crippen LogP contribution in [-0.2, 0) is 6.42 Å². The number of benzene rings is 1. The van der Waals surface area contributed by atoms with Crippen LogP contribution in [0.3, 0.4) is 0 Å². The molecular formula is C15H22Cl2. The van der Waals surface area contributed by atoms with Crippen LogP contribution >= 0.6 is 23.2 Å². The summed E-state index contributed by atoms with van der Waals surface area (Å²) in [6.45, 7) is 2.13. The highest BCUT2D eigenvalue weighted by atomic mass is 35.5. The monoisotopic (exact) mass is 272 g/mol. The van der Waals surface area contributed by atoms with Crippen LogP contribution in [-0.4, -0.2) is 4.84 Å². The number of hydrogen-bond donors (Lipinski definition) is 0. The van der Waals surface area contributed by atoms with Gasteiger partial charge in [-0.1, -0.05) is 55.5 Å². The Morgan fingerprint density at radius 1 is 0.882 bits per heavy atom. The minimum absolute atomic E-state index is 0.178. The summed E-state index contributed by atoms with van der Waals surface area (Å²) >= 11 is 11.4. The SMILES string of the molecule is Cc1ccc(CCCCCCCC(Cl)Cl)cc1. The maximum atomic E-state index is 5.68. The number of hydrogen-bond acceptors (Lipinski definition) is 0. The van der Waals surface area contributed by atoms with Crippen molar-refractivity contribution in [2.45, 2.75) is 56.7 Å². The van der Waals surface area contributed by atoms with Crippen molar-refractivity contribution in [1.82, 2.24) is 0 Å². The van der Waals surface area contributed by atoms with Crippen LogP contribution in [0.25, 0.3) is 0 Å². The first-order chi connectivity index (χ1) is 8.18. The fraction of sp³-hybridized carbons (Fsp3) is 0.600. The quantitative estimate of drug-likeness (QED) is 0.422. The van der Waals surface area contributed by atoms with E-state index in [1.54, 1.807) is 0 Å². The van der Waals surface area contributed by atoms with E-state index in [2.05, 4.69) is 31.2 Å². The van der Waals surface area contributed by atoms with E-state index in [1.165, 1.54) is 43.2 Å². The summed E-state index contributed by atoms with van der Waals surface area (Å²) in [6, 6.07) is 8.86. The predicted octanol–water partition coefficient (Wildman–Crippen LogP) is 5.68. The average molecular weight is 273 g/mol. The zero-order valence-electron chi connectivity index (χ0n) is 10.6. The second kappa shape index (κ2) is 8.83. The average Bonchev–Trinajstić information content (AvgIpc) is 2.30. The molecule has 96 valence electrons. The number of alkyl halides is 2. The van der Waals surface area contributed by atoms with Crippen molar-refractivity contribution in [2.75, 3.05) is 0 Å². The van der Waals surface area contributed by atoms with Gasteiger partial charge in [0.15, 0.2) is 0 Å². The third-order valence-electron chi connectivity index (χ3n) is 3.01. The molecule has 0 saturated carbocycles. The molecule has 0 bridgehead atoms. The Morgan fingerprint density at radius 3 is 2.12 bits per heavy atom. The van der Waals surface area contributed by atoms with E-state index in [4.69, 9.17) is 23.2 Å². The smallest absolute Gasteiger partial charge is 0.105 e. The number of halogens is 2.